The van der Waals surface area contributed by atoms with E-state index in [2.05, 4.69) is 23.5 Å². The van der Waals surface area contributed by atoms with Crippen molar-refractivity contribution in [1.29, 1.82) is 0 Å². The molecule has 0 fully saturated rings. The number of aryl methyl sites for hydroxylation is 1. The minimum atomic E-state index is -0.653. The Morgan fingerprint density at radius 3 is 2.31 bits per heavy atom. The predicted octanol–water partition coefficient (Wildman–Crippen LogP) is 5.24. The van der Waals surface area contributed by atoms with Crippen molar-refractivity contribution in [3.8, 4) is 0 Å². The van der Waals surface area contributed by atoms with Crippen molar-refractivity contribution in [3.05, 3.63) is 83.7 Å². The van der Waals surface area contributed by atoms with Crippen LogP contribution in [0.15, 0.2) is 66.7 Å². The lowest BCUT2D eigenvalue weighted by molar-refractivity contribution is -0.141. The first-order chi connectivity index (χ1) is 15.1. The average molecular weight is 435 g/mol. The quantitative estimate of drug-likeness (QED) is 0.553. The molecular weight excluding hydrogens is 403 g/mol. The third-order valence-electron chi connectivity index (χ3n) is 5.42. The fraction of sp³-hybridized carbons (Fsp3) is 0.333. The molecule has 0 heterocycles. The Kier molecular flexibility index (Phi) is 7.29. The molecule has 0 aromatic heterocycles. The molecule has 0 aliphatic rings. The molecule has 0 bridgehead atoms. The molecule has 0 spiro atoms. The monoisotopic (exact) mass is 434 g/mol. The number of benzene rings is 3. The third kappa shape index (κ3) is 6.16. The maximum Gasteiger partial charge on any atom is 0.242 e. The van der Waals surface area contributed by atoms with Crippen LogP contribution in [0.2, 0.25) is 0 Å². The van der Waals surface area contributed by atoms with Crippen molar-refractivity contribution in [2.45, 2.75) is 58.7 Å². The molecule has 0 aliphatic heterocycles. The summed E-state index contributed by atoms with van der Waals surface area (Å²) in [6, 6.07) is 19.6. The summed E-state index contributed by atoms with van der Waals surface area (Å²) < 4.78 is 13.3. The summed E-state index contributed by atoms with van der Waals surface area (Å²) in [5.41, 5.74) is 1.48. The maximum atomic E-state index is 13.3. The molecule has 1 atom stereocenters. The van der Waals surface area contributed by atoms with E-state index in [1.54, 1.807) is 24.0 Å². The molecule has 0 unspecified atom stereocenters. The van der Waals surface area contributed by atoms with E-state index in [-0.39, 0.29) is 30.6 Å². The van der Waals surface area contributed by atoms with Crippen LogP contribution in [0.3, 0.4) is 0 Å². The highest BCUT2D eigenvalue weighted by atomic mass is 19.1. The number of nitrogens with one attached hydrogen (secondary N) is 1. The van der Waals surface area contributed by atoms with E-state index in [4.69, 9.17) is 0 Å². The van der Waals surface area contributed by atoms with Gasteiger partial charge in [0.05, 0.1) is 0 Å². The Balaban J connectivity index is 1.80. The van der Waals surface area contributed by atoms with Gasteiger partial charge in [0.25, 0.3) is 0 Å². The number of carbonyl (C=O) groups excluding carboxylic acids is 2. The van der Waals surface area contributed by atoms with Gasteiger partial charge in [0.15, 0.2) is 0 Å². The van der Waals surface area contributed by atoms with Gasteiger partial charge in [0, 0.05) is 18.5 Å². The van der Waals surface area contributed by atoms with Crippen molar-refractivity contribution in [3.63, 3.8) is 0 Å². The van der Waals surface area contributed by atoms with Gasteiger partial charge in [0.2, 0.25) is 11.8 Å². The first-order valence-corrected chi connectivity index (χ1v) is 11.0. The number of hydrogen-bond donors (Lipinski definition) is 1. The van der Waals surface area contributed by atoms with Crippen molar-refractivity contribution in [2.24, 2.45) is 0 Å². The largest absolute Gasteiger partial charge is 0.350 e. The van der Waals surface area contributed by atoms with Crippen molar-refractivity contribution in [2.75, 3.05) is 0 Å². The minimum Gasteiger partial charge on any atom is -0.350 e. The number of rotatable bonds is 7. The van der Waals surface area contributed by atoms with E-state index in [1.807, 2.05) is 45.0 Å². The number of amides is 2. The highest BCUT2D eigenvalue weighted by molar-refractivity contribution is 5.89. The minimum absolute atomic E-state index is 0.112. The molecule has 3 rings (SSSR count). The van der Waals surface area contributed by atoms with Crippen LogP contribution in [0.5, 0.6) is 0 Å². The van der Waals surface area contributed by atoms with Gasteiger partial charge >= 0.3 is 0 Å². The lowest BCUT2D eigenvalue weighted by Crippen LogP contribution is -2.52. The predicted molar refractivity (Wildman–Crippen MR) is 127 cm³/mol. The third-order valence-corrected chi connectivity index (χ3v) is 5.42. The first kappa shape index (κ1) is 23.5. The number of carbonyl (C=O) groups is 2. The van der Waals surface area contributed by atoms with E-state index in [9.17, 15) is 14.0 Å². The highest BCUT2D eigenvalue weighted by Crippen LogP contribution is 2.21. The molecule has 32 heavy (non-hydrogen) atoms. The van der Waals surface area contributed by atoms with Gasteiger partial charge < -0.3 is 10.2 Å². The average Bonchev–Trinajstić information content (AvgIpc) is 2.75. The number of fused-ring (bicyclic) bond motifs is 1. The Labute approximate surface area is 189 Å². The maximum absolute atomic E-state index is 13.3. The van der Waals surface area contributed by atoms with E-state index in [0.717, 1.165) is 21.9 Å². The molecule has 1 N–H and O–H groups in total. The fourth-order valence-corrected chi connectivity index (χ4v) is 3.74. The summed E-state index contributed by atoms with van der Waals surface area (Å²) in [5.74, 6) is -0.655. The summed E-state index contributed by atoms with van der Waals surface area (Å²) in [6.07, 6.45) is 0.857. The van der Waals surface area contributed by atoms with Crippen LogP contribution >= 0.6 is 0 Å². The summed E-state index contributed by atoms with van der Waals surface area (Å²) in [6.45, 7) is 7.70. The Morgan fingerprint density at radius 2 is 1.62 bits per heavy atom. The Bertz CT molecular complexity index is 1080. The van der Waals surface area contributed by atoms with Gasteiger partial charge in [-0.05, 0) is 68.1 Å². The Morgan fingerprint density at radius 1 is 0.969 bits per heavy atom. The van der Waals surface area contributed by atoms with Crippen LogP contribution in [0.1, 0.15) is 45.2 Å². The van der Waals surface area contributed by atoms with Crippen molar-refractivity contribution >= 4 is 22.6 Å². The summed E-state index contributed by atoms with van der Waals surface area (Å²) in [7, 11) is 0. The van der Waals surface area contributed by atoms with Crippen molar-refractivity contribution in [1.82, 2.24) is 10.2 Å². The molecule has 0 saturated heterocycles. The van der Waals surface area contributed by atoms with Gasteiger partial charge in [-0.15, -0.1) is 0 Å². The molecule has 0 radical (unpaired) electrons. The standard InChI is InChI=1S/C27H31FN2O2/c1-19(26(32)29-27(2,3)4)30(18-20-12-15-23(28)16-13-20)25(31)17-14-22-10-7-9-21-8-5-6-11-24(21)22/h5-13,15-16,19H,14,17-18H2,1-4H3,(H,29,32)/t19-/m1/s1. The van der Waals surface area contributed by atoms with Crippen LogP contribution in [-0.4, -0.2) is 28.3 Å². The van der Waals surface area contributed by atoms with Crippen LogP contribution in [0.25, 0.3) is 10.8 Å². The summed E-state index contributed by atoms with van der Waals surface area (Å²) in [4.78, 5) is 27.7. The number of hydrogen-bond acceptors (Lipinski definition) is 2. The van der Waals surface area contributed by atoms with Gasteiger partial charge in [-0.1, -0.05) is 54.6 Å². The highest BCUT2D eigenvalue weighted by Gasteiger charge is 2.28. The normalized spacial score (nSPS) is 12.4. The Hall–Kier alpha value is -3.21. The number of nitrogens with zero attached hydrogens (tertiary/aromatic N) is 1. The van der Waals surface area contributed by atoms with Crippen LogP contribution in [-0.2, 0) is 22.6 Å². The van der Waals surface area contributed by atoms with E-state index in [1.165, 1.54) is 12.1 Å². The van der Waals surface area contributed by atoms with Gasteiger partial charge in [0.1, 0.15) is 11.9 Å². The fourth-order valence-electron chi connectivity index (χ4n) is 3.74. The molecule has 4 nitrogen and oxygen atoms in total. The molecule has 0 saturated carbocycles. The van der Waals surface area contributed by atoms with E-state index >= 15 is 0 Å². The lowest BCUT2D eigenvalue weighted by Gasteiger charge is -2.31. The molecule has 3 aromatic rings. The smallest absolute Gasteiger partial charge is 0.242 e. The molecular formula is C27H31FN2O2. The zero-order valence-corrected chi connectivity index (χ0v) is 19.2. The first-order valence-electron chi connectivity index (χ1n) is 11.0. The topological polar surface area (TPSA) is 49.4 Å². The molecule has 3 aromatic carbocycles. The van der Waals surface area contributed by atoms with E-state index in [0.29, 0.717) is 6.42 Å². The second-order valence-electron chi connectivity index (χ2n) is 9.20. The van der Waals surface area contributed by atoms with Gasteiger partial charge in [-0.2, -0.15) is 0 Å². The molecule has 0 aliphatic carbocycles. The molecule has 2 amide bonds. The van der Waals surface area contributed by atoms with Gasteiger partial charge in [-0.25, -0.2) is 4.39 Å². The van der Waals surface area contributed by atoms with E-state index < -0.39 is 11.6 Å². The summed E-state index contributed by atoms with van der Waals surface area (Å²) >= 11 is 0. The van der Waals surface area contributed by atoms with Gasteiger partial charge in [-0.3, -0.25) is 9.59 Å². The van der Waals surface area contributed by atoms with Crippen molar-refractivity contribution < 1.29 is 14.0 Å². The van der Waals surface area contributed by atoms with Crippen LogP contribution < -0.4 is 5.32 Å². The SMILES string of the molecule is C[C@H](C(=O)NC(C)(C)C)N(Cc1ccc(F)cc1)C(=O)CCc1cccc2ccccc12. The molecule has 168 valence electrons. The van der Waals surface area contributed by atoms with Crippen LogP contribution in [0, 0.1) is 5.82 Å². The zero-order chi connectivity index (χ0) is 23.3. The van der Waals surface area contributed by atoms with Crippen LogP contribution in [0.4, 0.5) is 4.39 Å². The molecule has 5 heteroatoms. The number of halogens is 1. The lowest BCUT2D eigenvalue weighted by atomic mass is 10.0. The summed E-state index contributed by atoms with van der Waals surface area (Å²) in [5, 5.41) is 5.22. The zero-order valence-electron chi connectivity index (χ0n) is 19.2. The second-order valence-corrected chi connectivity index (χ2v) is 9.20. The second kappa shape index (κ2) is 9.94.